The number of hydrogen-bond acceptors (Lipinski definition) is 3. The Kier molecular flexibility index (Phi) is 4.12. The molecule has 5 heteroatoms. The van der Waals surface area contributed by atoms with Gasteiger partial charge in [-0.15, -0.1) is 0 Å². The van der Waals surface area contributed by atoms with Crippen LogP contribution >= 0.6 is 0 Å². The summed E-state index contributed by atoms with van der Waals surface area (Å²) in [4.78, 5) is 4.06. The first-order valence-electron chi connectivity index (χ1n) is 7.08. The molecule has 0 saturated heterocycles. The SMILES string of the molecule is Cn1nccc1CCNCc1ccc(-n2ccnc2)cc1. The molecule has 0 atom stereocenters. The van der Waals surface area contributed by atoms with Crippen molar-refractivity contribution < 1.29 is 0 Å². The monoisotopic (exact) mass is 281 g/mol. The van der Waals surface area contributed by atoms with Crippen LogP contribution in [0.25, 0.3) is 5.69 Å². The van der Waals surface area contributed by atoms with Gasteiger partial charge in [0.15, 0.2) is 0 Å². The molecule has 0 spiro atoms. The lowest BCUT2D eigenvalue weighted by Crippen LogP contribution is -2.17. The predicted octanol–water partition coefficient (Wildman–Crippen LogP) is 1.94. The first kappa shape index (κ1) is 13.6. The van der Waals surface area contributed by atoms with Gasteiger partial charge in [0.25, 0.3) is 0 Å². The fourth-order valence-corrected chi connectivity index (χ4v) is 2.29. The summed E-state index contributed by atoms with van der Waals surface area (Å²) in [5.74, 6) is 0. The van der Waals surface area contributed by atoms with E-state index in [4.69, 9.17) is 0 Å². The van der Waals surface area contributed by atoms with E-state index in [0.29, 0.717) is 0 Å². The van der Waals surface area contributed by atoms with Crippen LogP contribution in [0.4, 0.5) is 0 Å². The lowest BCUT2D eigenvalue weighted by Gasteiger charge is -2.07. The molecule has 0 aliphatic carbocycles. The summed E-state index contributed by atoms with van der Waals surface area (Å²) in [5.41, 5.74) is 3.66. The molecule has 3 aromatic rings. The minimum atomic E-state index is 0.877. The number of aryl methyl sites for hydroxylation is 1. The van der Waals surface area contributed by atoms with E-state index in [1.54, 1.807) is 12.5 Å². The van der Waals surface area contributed by atoms with Crippen molar-refractivity contribution in [2.24, 2.45) is 7.05 Å². The summed E-state index contributed by atoms with van der Waals surface area (Å²) in [7, 11) is 1.98. The number of hydrogen-bond donors (Lipinski definition) is 1. The van der Waals surface area contributed by atoms with E-state index in [2.05, 4.69) is 45.7 Å². The first-order chi connectivity index (χ1) is 10.3. The normalized spacial score (nSPS) is 10.9. The standard InChI is InChI=1S/C16H19N5/c1-20-15(7-9-19-20)6-8-17-12-14-2-4-16(5-3-14)21-11-10-18-13-21/h2-5,7,9-11,13,17H,6,8,12H2,1H3. The van der Waals surface area contributed by atoms with Gasteiger partial charge in [0, 0.05) is 56.5 Å². The molecule has 0 fully saturated rings. The Hall–Kier alpha value is -2.40. The van der Waals surface area contributed by atoms with Crippen LogP contribution in [0.1, 0.15) is 11.3 Å². The Morgan fingerprint density at radius 2 is 1.95 bits per heavy atom. The van der Waals surface area contributed by atoms with Crippen molar-refractivity contribution >= 4 is 0 Å². The van der Waals surface area contributed by atoms with Gasteiger partial charge in [-0.1, -0.05) is 12.1 Å². The minimum Gasteiger partial charge on any atom is -0.312 e. The highest BCUT2D eigenvalue weighted by atomic mass is 15.3. The van der Waals surface area contributed by atoms with E-state index in [-0.39, 0.29) is 0 Å². The fourth-order valence-electron chi connectivity index (χ4n) is 2.29. The molecule has 0 radical (unpaired) electrons. The quantitative estimate of drug-likeness (QED) is 0.702. The zero-order valence-corrected chi connectivity index (χ0v) is 12.1. The molecular weight excluding hydrogens is 262 g/mol. The Bertz CT molecular complexity index is 667. The smallest absolute Gasteiger partial charge is 0.0991 e. The van der Waals surface area contributed by atoms with Crippen LogP contribution < -0.4 is 5.32 Å². The Morgan fingerprint density at radius 1 is 1.10 bits per heavy atom. The maximum Gasteiger partial charge on any atom is 0.0991 e. The third-order valence-electron chi connectivity index (χ3n) is 3.55. The minimum absolute atomic E-state index is 0.877. The molecule has 2 heterocycles. The molecule has 0 saturated carbocycles. The fraction of sp³-hybridized carbons (Fsp3) is 0.250. The first-order valence-corrected chi connectivity index (χ1v) is 7.08. The second-order valence-electron chi connectivity index (χ2n) is 5.01. The van der Waals surface area contributed by atoms with Crippen molar-refractivity contribution in [2.45, 2.75) is 13.0 Å². The van der Waals surface area contributed by atoms with Crippen molar-refractivity contribution in [3.63, 3.8) is 0 Å². The van der Waals surface area contributed by atoms with Gasteiger partial charge in [-0.2, -0.15) is 5.10 Å². The summed E-state index contributed by atoms with van der Waals surface area (Å²) in [6, 6.07) is 10.6. The van der Waals surface area contributed by atoms with Crippen LogP contribution in [0.5, 0.6) is 0 Å². The highest BCUT2D eigenvalue weighted by molar-refractivity contribution is 5.34. The van der Waals surface area contributed by atoms with Crippen molar-refractivity contribution in [1.82, 2.24) is 24.6 Å². The molecule has 1 N–H and O–H groups in total. The van der Waals surface area contributed by atoms with E-state index in [0.717, 1.165) is 25.2 Å². The number of nitrogens with one attached hydrogen (secondary N) is 1. The Balaban J connectivity index is 1.48. The second kappa shape index (κ2) is 6.37. The van der Waals surface area contributed by atoms with E-state index in [1.165, 1.54) is 11.3 Å². The van der Waals surface area contributed by atoms with Crippen molar-refractivity contribution in [2.75, 3.05) is 6.54 Å². The van der Waals surface area contributed by atoms with Crippen molar-refractivity contribution in [3.05, 3.63) is 66.5 Å². The second-order valence-corrected chi connectivity index (χ2v) is 5.01. The zero-order chi connectivity index (χ0) is 14.5. The molecule has 5 nitrogen and oxygen atoms in total. The van der Waals surface area contributed by atoms with E-state index in [1.807, 2.05) is 28.7 Å². The molecule has 21 heavy (non-hydrogen) atoms. The van der Waals surface area contributed by atoms with Crippen molar-refractivity contribution in [3.8, 4) is 5.69 Å². The zero-order valence-electron chi connectivity index (χ0n) is 12.1. The molecule has 0 aliphatic rings. The molecule has 0 unspecified atom stereocenters. The van der Waals surface area contributed by atoms with Crippen LogP contribution in [-0.4, -0.2) is 25.9 Å². The van der Waals surface area contributed by atoms with E-state index >= 15 is 0 Å². The lowest BCUT2D eigenvalue weighted by atomic mass is 10.2. The van der Waals surface area contributed by atoms with Gasteiger partial charge in [0.05, 0.1) is 6.33 Å². The summed E-state index contributed by atoms with van der Waals surface area (Å²) >= 11 is 0. The lowest BCUT2D eigenvalue weighted by molar-refractivity contribution is 0.643. The third kappa shape index (κ3) is 3.38. The molecule has 1 aromatic carbocycles. The van der Waals surface area contributed by atoms with Gasteiger partial charge in [-0.25, -0.2) is 4.98 Å². The summed E-state index contributed by atoms with van der Waals surface area (Å²) in [5, 5.41) is 7.63. The number of nitrogens with zero attached hydrogens (tertiary/aromatic N) is 4. The number of benzene rings is 1. The number of rotatable bonds is 6. The van der Waals surface area contributed by atoms with Gasteiger partial charge < -0.3 is 9.88 Å². The van der Waals surface area contributed by atoms with Crippen LogP contribution in [0.15, 0.2) is 55.2 Å². The molecule has 0 bridgehead atoms. The molecule has 0 amide bonds. The molecule has 3 rings (SSSR count). The van der Waals surface area contributed by atoms with Gasteiger partial charge >= 0.3 is 0 Å². The van der Waals surface area contributed by atoms with Gasteiger partial charge in [0.1, 0.15) is 0 Å². The largest absolute Gasteiger partial charge is 0.312 e. The van der Waals surface area contributed by atoms with Crippen molar-refractivity contribution in [1.29, 1.82) is 0 Å². The van der Waals surface area contributed by atoms with Crippen LogP contribution in [-0.2, 0) is 20.0 Å². The molecule has 0 aliphatic heterocycles. The van der Waals surface area contributed by atoms with Gasteiger partial charge in [0.2, 0.25) is 0 Å². The van der Waals surface area contributed by atoms with Crippen LogP contribution in [0.2, 0.25) is 0 Å². The highest BCUT2D eigenvalue weighted by Gasteiger charge is 1.99. The third-order valence-corrected chi connectivity index (χ3v) is 3.55. The van der Waals surface area contributed by atoms with Gasteiger partial charge in [-0.3, -0.25) is 4.68 Å². The topological polar surface area (TPSA) is 47.7 Å². The molecule has 2 aromatic heterocycles. The average molecular weight is 281 g/mol. The summed E-state index contributed by atoms with van der Waals surface area (Å²) in [6.45, 7) is 1.82. The maximum absolute atomic E-state index is 4.17. The summed E-state index contributed by atoms with van der Waals surface area (Å²) in [6.07, 6.45) is 8.37. The van der Waals surface area contributed by atoms with E-state index in [9.17, 15) is 0 Å². The summed E-state index contributed by atoms with van der Waals surface area (Å²) < 4.78 is 3.92. The number of imidazole rings is 1. The molecule has 108 valence electrons. The van der Waals surface area contributed by atoms with Gasteiger partial charge in [-0.05, 0) is 23.8 Å². The molecular formula is C16H19N5. The predicted molar refractivity (Wildman–Crippen MR) is 82.2 cm³/mol. The Morgan fingerprint density at radius 3 is 2.62 bits per heavy atom. The highest BCUT2D eigenvalue weighted by Crippen LogP contribution is 2.09. The Labute approximate surface area is 124 Å². The average Bonchev–Trinajstić information content (AvgIpc) is 3.16. The van der Waals surface area contributed by atoms with Crippen LogP contribution in [0.3, 0.4) is 0 Å². The van der Waals surface area contributed by atoms with E-state index < -0.39 is 0 Å². The maximum atomic E-state index is 4.17. The van der Waals surface area contributed by atoms with Crippen LogP contribution in [0, 0.1) is 0 Å². The number of aromatic nitrogens is 4.